The fraction of sp³-hybridized carbons (Fsp3) is 0.529. The number of benzene rings is 1. The molecule has 1 aliphatic heterocycles. The van der Waals surface area contributed by atoms with Gasteiger partial charge in [0.25, 0.3) is 0 Å². The van der Waals surface area contributed by atoms with Gasteiger partial charge < -0.3 is 21.3 Å². The van der Waals surface area contributed by atoms with Gasteiger partial charge in [0.15, 0.2) is 0 Å². The van der Waals surface area contributed by atoms with E-state index in [1.54, 1.807) is 4.90 Å². The van der Waals surface area contributed by atoms with Gasteiger partial charge in [0.2, 0.25) is 5.91 Å². The van der Waals surface area contributed by atoms with E-state index in [9.17, 15) is 14.0 Å². The van der Waals surface area contributed by atoms with E-state index in [0.717, 1.165) is 6.42 Å². The van der Waals surface area contributed by atoms with Crippen molar-refractivity contribution in [1.82, 2.24) is 10.2 Å². The number of urea groups is 1. The number of hydrogen-bond acceptors (Lipinski definition) is 3. The number of carbonyl (C=O) groups is 2. The summed E-state index contributed by atoms with van der Waals surface area (Å²) < 4.78 is 12.8. The summed E-state index contributed by atoms with van der Waals surface area (Å²) in [5.74, 6) is -0.289. The molecule has 6 nitrogen and oxygen atoms in total. The lowest BCUT2D eigenvalue weighted by Gasteiger charge is -2.24. The van der Waals surface area contributed by atoms with Gasteiger partial charge in [-0.2, -0.15) is 0 Å². The highest BCUT2D eigenvalue weighted by molar-refractivity contribution is 5.89. The number of hydrogen-bond donors (Lipinski definition) is 3. The number of nitrogens with zero attached hydrogens (tertiary/aromatic N) is 1. The third-order valence-electron chi connectivity index (χ3n) is 4.48. The minimum atomic E-state index is -0.498. The Hall–Kier alpha value is -1.86. The Labute approximate surface area is 153 Å². The summed E-state index contributed by atoms with van der Waals surface area (Å²) in [5, 5.41) is 5.48. The van der Waals surface area contributed by atoms with E-state index in [1.165, 1.54) is 24.3 Å². The summed E-state index contributed by atoms with van der Waals surface area (Å²) in [7, 11) is 0. The van der Waals surface area contributed by atoms with Crippen molar-refractivity contribution in [2.45, 2.75) is 38.8 Å². The summed E-state index contributed by atoms with van der Waals surface area (Å²) in [6.45, 7) is 5.01. The van der Waals surface area contributed by atoms with Crippen LogP contribution in [0.15, 0.2) is 24.3 Å². The second-order valence-electron chi connectivity index (χ2n) is 6.29. The minimum absolute atomic E-state index is 0. The highest BCUT2D eigenvalue weighted by atomic mass is 35.5. The first-order chi connectivity index (χ1) is 11.4. The molecule has 0 radical (unpaired) electrons. The second-order valence-corrected chi connectivity index (χ2v) is 6.29. The number of halogens is 2. The fourth-order valence-corrected chi connectivity index (χ4v) is 2.67. The highest BCUT2D eigenvalue weighted by Crippen LogP contribution is 2.15. The Morgan fingerprint density at radius 3 is 2.60 bits per heavy atom. The van der Waals surface area contributed by atoms with Crippen LogP contribution in [-0.2, 0) is 4.79 Å². The lowest BCUT2D eigenvalue weighted by Crippen LogP contribution is -2.47. The minimum Gasteiger partial charge on any atom is -0.339 e. The van der Waals surface area contributed by atoms with Crippen LogP contribution in [0.2, 0.25) is 0 Å². The Balaban J connectivity index is 0.00000312. The van der Waals surface area contributed by atoms with Crippen molar-refractivity contribution in [3.8, 4) is 0 Å². The number of nitrogens with two attached hydrogens (primary N) is 1. The van der Waals surface area contributed by atoms with E-state index in [4.69, 9.17) is 5.73 Å². The van der Waals surface area contributed by atoms with Crippen LogP contribution in [0.25, 0.3) is 0 Å². The quantitative estimate of drug-likeness (QED) is 0.741. The maximum Gasteiger partial charge on any atom is 0.319 e. The fourth-order valence-electron chi connectivity index (χ4n) is 2.67. The van der Waals surface area contributed by atoms with Gasteiger partial charge in [-0.15, -0.1) is 12.4 Å². The summed E-state index contributed by atoms with van der Waals surface area (Å²) in [6, 6.07) is 4.56. The standard InChI is InChI=1S/C17H25FN4O2.ClH/c1-3-11(2)15(19)16(23)22-9-8-14(10-22)21-17(24)20-13-6-4-12(18)5-7-13;/h4-7,11,14-15H,3,8-10,19H2,1-2H3,(H2,20,21,24);1H. The molecule has 1 saturated heterocycles. The van der Waals surface area contributed by atoms with Crippen LogP contribution in [0.5, 0.6) is 0 Å². The molecule has 1 aromatic carbocycles. The number of likely N-dealkylation sites (tertiary alicyclic amines) is 1. The van der Waals surface area contributed by atoms with Crippen LogP contribution >= 0.6 is 12.4 Å². The zero-order valence-corrected chi connectivity index (χ0v) is 15.3. The van der Waals surface area contributed by atoms with Crippen LogP contribution in [0.1, 0.15) is 26.7 Å². The lowest BCUT2D eigenvalue weighted by molar-refractivity contribution is -0.132. The Morgan fingerprint density at radius 1 is 1.36 bits per heavy atom. The van der Waals surface area contributed by atoms with Gasteiger partial charge in [0, 0.05) is 24.8 Å². The first-order valence-electron chi connectivity index (χ1n) is 8.28. The third kappa shape index (κ3) is 5.86. The van der Waals surface area contributed by atoms with Crippen LogP contribution in [0.4, 0.5) is 14.9 Å². The molecule has 1 heterocycles. The molecule has 0 aliphatic carbocycles. The first-order valence-corrected chi connectivity index (χ1v) is 8.28. The Kier molecular flexibility index (Phi) is 8.12. The number of rotatable bonds is 5. The van der Waals surface area contributed by atoms with Gasteiger partial charge >= 0.3 is 6.03 Å². The molecule has 2 rings (SSSR count). The summed E-state index contributed by atoms with van der Waals surface area (Å²) in [4.78, 5) is 26.0. The molecule has 0 saturated carbocycles. The topological polar surface area (TPSA) is 87.5 Å². The number of nitrogens with one attached hydrogen (secondary N) is 2. The van der Waals surface area contributed by atoms with Crippen molar-refractivity contribution in [2.75, 3.05) is 18.4 Å². The van der Waals surface area contributed by atoms with E-state index >= 15 is 0 Å². The maximum absolute atomic E-state index is 12.8. The van der Waals surface area contributed by atoms with Crippen molar-refractivity contribution < 1.29 is 14.0 Å². The average Bonchev–Trinajstić information content (AvgIpc) is 3.03. The highest BCUT2D eigenvalue weighted by Gasteiger charge is 2.31. The predicted octanol–water partition coefficient (Wildman–Crippen LogP) is 2.34. The van der Waals surface area contributed by atoms with Crippen LogP contribution in [0.3, 0.4) is 0 Å². The molecule has 0 bridgehead atoms. The first kappa shape index (κ1) is 21.2. The van der Waals surface area contributed by atoms with E-state index in [0.29, 0.717) is 25.2 Å². The number of carbonyl (C=O) groups excluding carboxylic acids is 2. The van der Waals surface area contributed by atoms with Crippen molar-refractivity contribution in [1.29, 1.82) is 0 Å². The SMILES string of the molecule is CCC(C)C(N)C(=O)N1CCC(NC(=O)Nc2ccc(F)cc2)C1.Cl. The van der Waals surface area contributed by atoms with Crippen LogP contribution in [-0.4, -0.2) is 42.0 Å². The second kappa shape index (κ2) is 9.58. The molecule has 3 atom stereocenters. The normalized spacial score (nSPS) is 18.9. The van der Waals surface area contributed by atoms with Crippen molar-refractivity contribution >= 4 is 30.0 Å². The number of anilines is 1. The molecule has 1 aliphatic rings. The Bertz CT molecular complexity index is 585. The average molecular weight is 373 g/mol. The molecule has 25 heavy (non-hydrogen) atoms. The lowest BCUT2D eigenvalue weighted by atomic mass is 9.99. The molecule has 0 spiro atoms. The smallest absolute Gasteiger partial charge is 0.319 e. The van der Waals surface area contributed by atoms with Gasteiger partial charge in [-0.3, -0.25) is 4.79 Å². The summed E-state index contributed by atoms with van der Waals surface area (Å²) >= 11 is 0. The molecule has 1 aromatic rings. The van der Waals surface area contributed by atoms with Gasteiger partial charge in [0.05, 0.1) is 6.04 Å². The molecule has 1 fully saturated rings. The van der Waals surface area contributed by atoms with Gasteiger partial charge in [-0.25, -0.2) is 9.18 Å². The molecular formula is C17H26ClFN4O2. The van der Waals surface area contributed by atoms with Crippen LogP contribution in [0, 0.1) is 11.7 Å². The summed E-state index contributed by atoms with van der Waals surface area (Å²) in [6.07, 6.45) is 1.54. The zero-order valence-electron chi connectivity index (χ0n) is 14.5. The molecule has 0 aromatic heterocycles. The third-order valence-corrected chi connectivity index (χ3v) is 4.48. The monoisotopic (exact) mass is 372 g/mol. The zero-order chi connectivity index (χ0) is 17.7. The van der Waals surface area contributed by atoms with Crippen molar-refractivity contribution in [2.24, 2.45) is 11.7 Å². The summed E-state index contributed by atoms with van der Waals surface area (Å²) in [5.41, 5.74) is 6.50. The molecule has 140 valence electrons. The van der Waals surface area contributed by atoms with Gasteiger partial charge in [0.1, 0.15) is 5.82 Å². The number of amides is 3. The van der Waals surface area contributed by atoms with Gasteiger partial charge in [-0.05, 0) is 36.6 Å². The van der Waals surface area contributed by atoms with Crippen molar-refractivity contribution in [3.63, 3.8) is 0 Å². The van der Waals surface area contributed by atoms with Crippen molar-refractivity contribution in [3.05, 3.63) is 30.1 Å². The molecule has 8 heteroatoms. The molecular weight excluding hydrogens is 347 g/mol. The molecule has 4 N–H and O–H groups in total. The van der Waals surface area contributed by atoms with E-state index in [1.807, 2.05) is 13.8 Å². The predicted molar refractivity (Wildman–Crippen MR) is 98.2 cm³/mol. The van der Waals surface area contributed by atoms with Crippen LogP contribution < -0.4 is 16.4 Å². The van der Waals surface area contributed by atoms with Gasteiger partial charge in [-0.1, -0.05) is 20.3 Å². The molecule has 3 amide bonds. The van der Waals surface area contributed by atoms with E-state index < -0.39 is 6.04 Å². The largest absolute Gasteiger partial charge is 0.339 e. The Morgan fingerprint density at radius 2 is 2.00 bits per heavy atom. The van der Waals surface area contributed by atoms with E-state index in [2.05, 4.69) is 10.6 Å². The van der Waals surface area contributed by atoms with E-state index in [-0.39, 0.29) is 42.1 Å². The maximum atomic E-state index is 12.8. The molecule has 3 unspecified atom stereocenters.